The average molecular weight is 236 g/mol. The molecule has 0 unspecified atom stereocenters. The Kier molecular flexibility index (Phi) is 4.97. The van der Waals surface area contributed by atoms with Crippen molar-refractivity contribution in [1.82, 2.24) is 5.01 Å². The molecule has 0 spiro atoms. The van der Waals surface area contributed by atoms with Crippen LogP contribution in [-0.2, 0) is 4.79 Å². The molecule has 0 fully saturated rings. The fourth-order valence-corrected chi connectivity index (χ4v) is 1.51. The van der Waals surface area contributed by atoms with E-state index in [0.29, 0.717) is 18.9 Å². The van der Waals surface area contributed by atoms with Crippen molar-refractivity contribution in [2.45, 2.75) is 26.2 Å². The molecule has 1 aromatic carbocycles. The first-order chi connectivity index (χ1) is 8.02. The summed E-state index contributed by atoms with van der Waals surface area (Å²) in [4.78, 5) is 11.3. The highest BCUT2D eigenvalue weighted by Crippen LogP contribution is 2.25. The molecular formula is C13H20N2O2. The summed E-state index contributed by atoms with van der Waals surface area (Å²) in [7, 11) is 1.53. The van der Waals surface area contributed by atoms with E-state index < -0.39 is 0 Å². The fraction of sp³-hybridized carbons (Fsp3) is 0.462. The number of hydrogen-bond acceptors (Lipinski definition) is 3. The van der Waals surface area contributed by atoms with Crippen LogP contribution in [0.4, 0.5) is 0 Å². The topological polar surface area (TPSA) is 55.6 Å². The van der Waals surface area contributed by atoms with E-state index in [1.807, 2.05) is 24.3 Å². The van der Waals surface area contributed by atoms with Gasteiger partial charge in [0.25, 0.3) is 0 Å². The normalized spacial score (nSPS) is 10.4. The van der Waals surface area contributed by atoms with Gasteiger partial charge in [-0.15, -0.1) is 0 Å². The smallest absolute Gasteiger partial charge is 0.239 e. The number of carbonyl (C=O) groups excluding carboxylic acids is 1. The van der Waals surface area contributed by atoms with Crippen LogP contribution in [0, 0.1) is 0 Å². The van der Waals surface area contributed by atoms with Gasteiger partial charge in [0.2, 0.25) is 5.91 Å². The lowest BCUT2D eigenvalue weighted by molar-refractivity contribution is -0.130. The summed E-state index contributed by atoms with van der Waals surface area (Å²) in [6, 6.07) is 7.88. The molecule has 4 nitrogen and oxygen atoms in total. The Balaban J connectivity index is 2.55. The summed E-state index contributed by atoms with van der Waals surface area (Å²) in [5.74, 6) is 6.43. The van der Waals surface area contributed by atoms with Gasteiger partial charge in [-0.2, -0.15) is 0 Å². The standard InChI is InChI=1S/C13H20N2O2/c1-10(2)11-6-4-5-7-12(11)17-9-8-13(16)15(3)14/h4-7,10H,8-9,14H2,1-3H3. The molecule has 1 amide bonds. The lowest BCUT2D eigenvalue weighted by Gasteiger charge is -2.14. The van der Waals surface area contributed by atoms with Crippen LogP contribution in [0.3, 0.4) is 0 Å². The highest BCUT2D eigenvalue weighted by atomic mass is 16.5. The SMILES string of the molecule is CC(C)c1ccccc1OCCC(=O)N(C)N. The summed E-state index contributed by atoms with van der Waals surface area (Å²) in [5, 5.41) is 1.08. The van der Waals surface area contributed by atoms with Crippen LogP contribution in [0.1, 0.15) is 31.7 Å². The largest absolute Gasteiger partial charge is 0.493 e. The van der Waals surface area contributed by atoms with Crippen molar-refractivity contribution < 1.29 is 9.53 Å². The van der Waals surface area contributed by atoms with Crippen molar-refractivity contribution in [2.75, 3.05) is 13.7 Å². The monoisotopic (exact) mass is 236 g/mol. The van der Waals surface area contributed by atoms with Crippen LogP contribution in [0.5, 0.6) is 5.75 Å². The summed E-state index contributed by atoms with van der Waals surface area (Å²) in [5.41, 5.74) is 1.15. The molecule has 0 aliphatic rings. The van der Waals surface area contributed by atoms with Gasteiger partial charge < -0.3 is 4.74 Å². The molecule has 1 aromatic rings. The Morgan fingerprint density at radius 2 is 2.06 bits per heavy atom. The van der Waals surface area contributed by atoms with E-state index in [9.17, 15) is 4.79 Å². The molecular weight excluding hydrogens is 216 g/mol. The number of rotatable bonds is 5. The number of nitrogens with two attached hydrogens (primary N) is 1. The average Bonchev–Trinajstić information content (AvgIpc) is 2.29. The number of nitrogens with zero attached hydrogens (tertiary/aromatic N) is 1. The number of ether oxygens (including phenoxy) is 1. The summed E-state index contributed by atoms with van der Waals surface area (Å²) in [6.45, 7) is 4.58. The molecule has 1 rings (SSSR count). The molecule has 0 aliphatic heterocycles. The van der Waals surface area contributed by atoms with Crippen molar-refractivity contribution >= 4 is 5.91 Å². The van der Waals surface area contributed by atoms with Gasteiger partial charge in [0.15, 0.2) is 0 Å². The zero-order chi connectivity index (χ0) is 12.8. The molecule has 0 radical (unpaired) electrons. The number of amides is 1. The molecule has 0 heterocycles. The third-order valence-corrected chi connectivity index (χ3v) is 2.51. The van der Waals surface area contributed by atoms with Gasteiger partial charge in [-0.25, -0.2) is 5.84 Å². The van der Waals surface area contributed by atoms with E-state index >= 15 is 0 Å². The molecule has 0 bridgehead atoms. The van der Waals surface area contributed by atoms with Crippen molar-refractivity contribution in [2.24, 2.45) is 5.84 Å². The number of para-hydroxylation sites is 1. The van der Waals surface area contributed by atoms with Crippen LogP contribution >= 0.6 is 0 Å². The highest BCUT2D eigenvalue weighted by molar-refractivity contribution is 5.75. The molecule has 0 aliphatic carbocycles. The van der Waals surface area contributed by atoms with Gasteiger partial charge >= 0.3 is 0 Å². The molecule has 94 valence electrons. The Hall–Kier alpha value is -1.55. The van der Waals surface area contributed by atoms with Gasteiger partial charge in [-0.3, -0.25) is 9.80 Å². The first kappa shape index (κ1) is 13.5. The van der Waals surface area contributed by atoms with Crippen molar-refractivity contribution in [3.63, 3.8) is 0 Å². The van der Waals surface area contributed by atoms with Gasteiger partial charge in [-0.1, -0.05) is 32.0 Å². The Morgan fingerprint density at radius 1 is 1.41 bits per heavy atom. The number of hydrogen-bond donors (Lipinski definition) is 1. The maximum Gasteiger partial charge on any atom is 0.239 e. The molecule has 0 aromatic heterocycles. The summed E-state index contributed by atoms with van der Waals surface area (Å²) >= 11 is 0. The minimum absolute atomic E-state index is 0.132. The third-order valence-electron chi connectivity index (χ3n) is 2.51. The first-order valence-electron chi connectivity index (χ1n) is 5.75. The highest BCUT2D eigenvalue weighted by Gasteiger charge is 2.08. The zero-order valence-electron chi connectivity index (χ0n) is 10.6. The quantitative estimate of drug-likeness (QED) is 0.482. The summed E-state index contributed by atoms with van der Waals surface area (Å²) in [6.07, 6.45) is 0.291. The van der Waals surface area contributed by atoms with Crippen LogP contribution in [0.2, 0.25) is 0 Å². The maximum absolute atomic E-state index is 11.3. The predicted octanol–water partition coefficient (Wildman–Crippen LogP) is 1.91. The lowest BCUT2D eigenvalue weighted by atomic mass is 10.0. The Labute approximate surface area is 102 Å². The van der Waals surface area contributed by atoms with E-state index in [0.717, 1.165) is 16.3 Å². The third kappa shape index (κ3) is 4.07. The molecule has 0 saturated heterocycles. The molecule has 17 heavy (non-hydrogen) atoms. The van der Waals surface area contributed by atoms with Gasteiger partial charge in [0.05, 0.1) is 13.0 Å². The number of benzene rings is 1. The minimum Gasteiger partial charge on any atom is -0.493 e. The van der Waals surface area contributed by atoms with Crippen LogP contribution in [-0.4, -0.2) is 24.6 Å². The van der Waals surface area contributed by atoms with Gasteiger partial charge in [0, 0.05) is 7.05 Å². The van der Waals surface area contributed by atoms with Crippen LogP contribution < -0.4 is 10.6 Å². The van der Waals surface area contributed by atoms with E-state index in [1.54, 1.807) is 0 Å². The van der Waals surface area contributed by atoms with E-state index in [1.165, 1.54) is 7.05 Å². The van der Waals surface area contributed by atoms with Gasteiger partial charge in [0.1, 0.15) is 5.75 Å². The predicted molar refractivity (Wildman–Crippen MR) is 67.6 cm³/mol. The molecule has 0 saturated carbocycles. The lowest BCUT2D eigenvalue weighted by Crippen LogP contribution is -2.33. The number of carbonyl (C=O) groups is 1. The second-order valence-electron chi connectivity index (χ2n) is 4.30. The fourth-order valence-electron chi connectivity index (χ4n) is 1.51. The van der Waals surface area contributed by atoms with E-state index in [-0.39, 0.29) is 5.91 Å². The van der Waals surface area contributed by atoms with Crippen molar-refractivity contribution in [1.29, 1.82) is 0 Å². The van der Waals surface area contributed by atoms with E-state index in [4.69, 9.17) is 10.6 Å². The summed E-state index contributed by atoms with van der Waals surface area (Å²) < 4.78 is 5.62. The van der Waals surface area contributed by atoms with Gasteiger partial charge in [-0.05, 0) is 17.5 Å². The molecule has 2 N–H and O–H groups in total. The second-order valence-corrected chi connectivity index (χ2v) is 4.30. The zero-order valence-corrected chi connectivity index (χ0v) is 10.6. The molecule has 4 heteroatoms. The Bertz CT molecular complexity index is 375. The number of hydrazine groups is 1. The first-order valence-corrected chi connectivity index (χ1v) is 5.75. The molecule has 0 atom stereocenters. The minimum atomic E-state index is -0.132. The van der Waals surface area contributed by atoms with Crippen molar-refractivity contribution in [3.05, 3.63) is 29.8 Å². The second kappa shape index (κ2) is 6.25. The van der Waals surface area contributed by atoms with Crippen molar-refractivity contribution in [3.8, 4) is 5.75 Å². The van der Waals surface area contributed by atoms with Crippen LogP contribution in [0.25, 0.3) is 0 Å². The maximum atomic E-state index is 11.3. The Morgan fingerprint density at radius 3 is 2.65 bits per heavy atom. The van der Waals surface area contributed by atoms with E-state index in [2.05, 4.69) is 13.8 Å². The van der Waals surface area contributed by atoms with Crippen LogP contribution in [0.15, 0.2) is 24.3 Å².